The standard InChI is InChI=1S/C12H15N3S/c1-14-10(11-5-3-7-16-11)8-9-4-2-6-15-12(9)13/h2-7,10,14H,8H2,1H3,(H2,13,15). The Balaban J connectivity index is 2.17. The van der Waals surface area contributed by atoms with E-state index in [0.29, 0.717) is 11.9 Å². The minimum Gasteiger partial charge on any atom is -0.383 e. The molecule has 0 radical (unpaired) electrons. The topological polar surface area (TPSA) is 50.9 Å². The Bertz CT molecular complexity index is 439. The molecular formula is C12H15N3S. The van der Waals surface area contributed by atoms with Crippen LogP contribution in [0.3, 0.4) is 0 Å². The Hall–Kier alpha value is -1.39. The second-order valence-electron chi connectivity index (χ2n) is 3.61. The van der Waals surface area contributed by atoms with Gasteiger partial charge >= 0.3 is 0 Å². The van der Waals surface area contributed by atoms with Crippen LogP contribution in [-0.4, -0.2) is 12.0 Å². The highest BCUT2D eigenvalue weighted by molar-refractivity contribution is 7.10. The van der Waals surface area contributed by atoms with Gasteiger partial charge in [-0.25, -0.2) is 4.98 Å². The molecule has 1 atom stereocenters. The minimum atomic E-state index is 0.312. The number of pyridine rings is 1. The molecule has 3 N–H and O–H groups in total. The van der Waals surface area contributed by atoms with Gasteiger partial charge in [-0.15, -0.1) is 11.3 Å². The third kappa shape index (κ3) is 2.40. The van der Waals surface area contributed by atoms with Crippen molar-refractivity contribution in [2.75, 3.05) is 12.8 Å². The van der Waals surface area contributed by atoms with Gasteiger partial charge in [-0.1, -0.05) is 12.1 Å². The number of nitrogens with one attached hydrogen (secondary N) is 1. The van der Waals surface area contributed by atoms with Crippen molar-refractivity contribution in [3.63, 3.8) is 0 Å². The van der Waals surface area contributed by atoms with Crippen LogP contribution in [0.5, 0.6) is 0 Å². The average Bonchev–Trinajstić information content (AvgIpc) is 2.81. The van der Waals surface area contributed by atoms with E-state index >= 15 is 0 Å². The Morgan fingerprint density at radius 2 is 2.31 bits per heavy atom. The van der Waals surface area contributed by atoms with Crippen molar-refractivity contribution in [2.24, 2.45) is 0 Å². The second-order valence-corrected chi connectivity index (χ2v) is 4.59. The van der Waals surface area contributed by atoms with Crippen molar-refractivity contribution in [1.82, 2.24) is 10.3 Å². The van der Waals surface area contributed by atoms with Crippen LogP contribution in [0.4, 0.5) is 5.82 Å². The molecule has 4 heteroatoms. The number of anilines is 1. The van der Waals surface area contributed by atoms with Gasteiger partial charge in [0.15, 0.2) is 0 Å². The molecule has 0 bridgehead atoms. The van der Waals surface area contributed by atoms with Crippen molar-refractivity contribution >= 4 is 17.2 Å². The zero-order valence-electron chi connectivity index (χ0n) is 9.18. The summed E-state index contributed by atoms with van der Waals surface area (Å²) in [6.45, 7) is 0. The highest BCUT2D eigenvalue weighted by Crippen LogP contribution is 2.23. The first-order chi connectivity index (χ1) is 7.81. The number of nitrogens with zero attached hydrogens (tertiary/aromatic N) is 1. The fourth-order valence-corrected chi connectivity index (χ4v) is 2.51. The van der Waals surface area contributed by atoms with Crippen molar-refractivity contribution in [3.8, 4) is 0 Å². The Labute approximate surface area is 99.3 Å². The van der Waals surface area contributed by atoms with Gasteiger partial charge in [-0.05, 0) is 36.5 Å². The number of aromatic nitrogens is 1. The van der Waals surface area contributed by atoms with E-state index in [9.17, 15) is 0 Å². The van der Waals surface area contributed by atoms with Crippen LogP contribution in [0.15, 0.2) is 35.8 Å². The quantitative estimate of drug-likeness (QED) is 0.851. The molecule has 0 aliphatic carbocycles. The lowest BCUT2D eigenvalue weighted by molar-refractivity contribution is 0.602. The molecule has 2 rings (SSSR count). The number of likely N-dealkylation sites (N-methyl/N-ethyl adjacent to an activating group) is 1. The predicted octanol–water partition coefficient (Wildman–Crippen LogP) is 2.23. The highest BCUT2D eigenvalue weighted by atomic mass is 32.1. The Morgan fingerprint density at radius 3 is 2.94 bits per heavy atom. The number of hydrogen-bond acceptors (Lipinski definition) is 4. The van der Waals surface area contributed by atoms with Crippen molar-refractivity contribution in [3.05, 3.63) is 46.3 Å². The number of hydrogen-bond donors (Lipinski definition) is 2. The zero-order valence-corrected chi connectivity index (χ0v) is 10.00. The fourth-order valence-electron chi connectivity index (χ4n) is 1.68. The maximum absolute atomic E-state index is 5.84. The van der Waals surface area contributed by atoms with Crippen LogP contribution >= 0.6 is 11.3 Å². The van der Waals surface area contributed by atoms with Gasteiger partial charge in [0, 0.05) is 17.1 Å². The van der Waals surface area contributed by atoms with Gasteiger partial charge in [0.25, 0.3) is 0 Å². The molecule has 0 saturated heterocycles. The summed E-state index contributed by atoms with van der Waals surface area (Å²) in [6, 6.07) is 8.47. The predicted molar refractivity (Wildman–Crippen MR) is 68.5 cm³/mol. The summed E-state index contributed by atoms with van der Waals surface area (Å²) in [7, 11) is 1.97. The SMILES string of the molecule is CNC(Cc1cccnc1N)c1cccs1. The molecule has 3 nitrogen and oxygen atoms in total. The summed E-state index contributed by atoms with van der Waals surface area (Å²) in [5.74, 6) is 0.624. The fraction of sp³-hybridized carbons (Fsp3) is 0.250. The molecule has 0 aliphatic rings. The van der Waals surface area contributed by atoms with Crippen molar-refractivity contribution in [2.45, 2.75) is 12.5 Å². The maximum Gasteiger partial charge on any atom is 0.126 e. The lowest BCUT2D eigenvalue weighted by atomic mass is 10.1. The molecule has 1 unspecified atom stereocenters. The lowest BCUT2D eigenvalue weighted by Gasteiger charge is -2.15. The van der Waals surface area contributed by atoms with E-state index in [-0.39, 0.29) is 0 Å². The van der Waals surface area contributed by atoms with Crippen LogP contribution < -0.4 is 11.1 Å². The molecular weight excluding hydrogens is 218 g/mol. The van der Waals surface area contributed by atoms with Gasteiger partial charge in [0.1, 0.15) is 5.82 Å². The third-order valence-electron chi connectivity index (χ3n) is 2.59. The second kappa shape index (κ2) is 5.09. The van der Waals surface area contributed by atoms with Gasteiger partial charge in [-0.3, -0.25) is 0 Å². The minimum absolute atomic E-state index is 0.312. The Morgan fingerprint density at radius 1 is 1.44 bits per heavy atom. The normalized spacial score (nSPS) is 12.6. The monoisotopic (exact) mass is 233 g/mol. The van der Waals surface area contributed by atoms with Crippen LogP contribution in [0.25, 0.3) is 0 Å². The van der Waals surface area contributed by atoms with Crippen LogP contribution in [-0.2, 0) is 6.42 Å². The first kappa shape index (κ1) is 11.1. The van der Waals surface area contributed by atoms with Crippen molar-refractivity contribution < 1.29 is 0 Å². The first-order valence-electron chi connectivity index (χ1n) is 5.21. The molecule has 2 aromatic heterocycles. The summed E-state index contributed by atoms with van der Waals surface area (Å²) in [5.41, 5.74) is 6.93. The van der Waals surface area contributed by atoms with Crippen LogP contribution in [0.1, 0.15) is 16.5 Å². The average molecular weight is 233 g/mol. The van der Waals surface area contributed by atoms with Gasteiger partial charge in [0.2, 0.25) is 0 Å². The van der Waals surface area contributed by atoms with E-state index in [1.165, 1.54) is 4.88 Å². The molecule has 16 heavy (non-hydrogen) atoms. The van der Waals surface area contributed by atoms with Crippen LogP contribution in [0.2, 0.25) is 0 Å². The smallest absolute Gasteiger partial charge is 0.126 e. The summed E-state index contributed by atoms with van der Waals surface area (Å²) in [5, 5.41) is 5.40. The molecule has 2 heterocycles. The first-order valence-corrected chi connectivity index (χ1v) is 6.09. The molecule has 2 aromatic rings. The molecule has 0 amide bonds. The Kier molecular flexibility index (Phi) is 3.54. The van der Waals surface area contributed by atoms with E-state index in [1.807, 2.05) is 19.2 Å². The summed E-state index contributed by atoms with van der Waals surface area (Å²) < 4.78 is 0. The number of rotatable bonds is 4. The summed E-state index contributed by atoms with van der Waals surface area (Å²) in [6.07, 6.45) is 2.59. The van der Waals surface area contributed by atoms with E-state index in [1.54, 1.807) is 17.5 Å². The van der Waals surface area contributed by atoms with Gasteiger partial charge in [0.05, 0.1) is 0 Å². The van der Waals surface area contributed by atoms with Crippen molar-refractivity contribution in [1.29, 1.82) is 0 Å². The molecule has 0 aromatic carbocycles. The third-order valence-corrected chi connectivity index (χ3v) is 3.57. The summed E-state index contributed by atoms with van der Waals surface area (Å²) in [4.78, 5) is 5.43. The molecule has 0 saturated carbocycles. The van der Waals surface area contributed by atoms with E-state index < -0.39 is 0 Å². The summed E-state index contributed by atoms with van der Waals surface area (Å²) >= 11 is 1.76. The van der Waals surface area contributed by atoms with Gasteiger partial charge < -0.3 is 11.1 Å². The number of nitrogen functional groups attached to an aromatic ring is 1. The lowest BCUT2D eigenvalue weighted by Crippen LogP contribution is -2.18. The van der Waals surface area contributed by atoms with E-state index in [2.05, 4.69) is 27.8 Å². The van der Waals surface area contributed by atoms with E-state index in [4.69, 9.17) is 5.73 Å². The van der Waals surface area contributed by atoms with Crippen LogP contribution in [0, 0.1) is 0 Å². The number of thiophene rings is 1. The zero-order chi connectivity index (χ0) is 11.4. The maximum atomic E-state index is 5.84. The molecule has 0 spiro atoms. The molecule has 84 valence electrons. The number of nitrogens with two attached hydrogens (primary N) is 1. The van der Waals surface area contributed by atoms with Gasteiger partial charge in [-0.2, -0.15) is 0 Å². The molecule has 0 aliphatic heterocycles. The van der Waals surface area contributed by atoms with E-state index in [0.717, 1.165) is 12.0 Å². The highest BCUT2D eigenvalue weighted by Gasteiger charge is 2.12. The molecule has 0 fully saturated rings. The largest absolute Gasteiger partial charge is 0.383 e.